The minimum absolute atomic E-state index is 0.0871. The van der Waals surface area contributed by atoms with Crippen LogP contribution in [-0.2, 0) is 25.5 Å². The lowest BCUT2D eigenvalue weighted by Gasteiger charge is -2.16. The zero-order chi connectivity index (χ0) is 27.4. The summed E-state index contributed by atoms with van der Waals surface area (Å²) in [5.41, 5.74) is 3.43. The molecular formula is C29H26ClN3O5. The molecule has 3 aromatic rings. The number of nitrogens with one attached hydrogen (secondary N) is 2. The van der Waals surface area contributed by atoms with Crippen LogP contribution < -0.4 is 15.5 Å². The molecule has 4 rings (SSSR count). The monoisotopic (exact) mass is 531 g/mol. The molecule has 1 heterocycles. The van der Waals surface area contributed by atoms with Gasteiger partial charge in [0.25, 0.3) is 11.8 Å². The van der Waals surface area contributed by atoms with Crippen LogP contribution in [0.1, 0.15) is 41.3 Å². The van der Waals surface area contributed by atoms with Crippen molar-refractivity contribution in [3.05, 3.63) is 100 Å². The van der Waals surface area contributed by atoms with Crippen LogP contribution in [0.3, 0.4) is 0 Å². The molecule has 0 spiro atoms. The molecule has 0 fully saturated rings. The van der Waals surface area contributed by atoms with Crippen LogP contribution in [0.5, 0.6) is 0 Å². The fourth-order valence-electron chi connectivity index (χ4n) is 4.08. The van der Waals surface area contributed by atoms with E-state index < -0.39 is 17.8 Å². The van der Waals surface area contributed by atoms with Crippen molar-refractivity contribution in [2.45, 2.75) is 26.2 Å². The van der Waals surface area contributed by atoms with Crippen LogP contribution in [0.2, 0.25) is 0 Å². The van der Waals surface area contributed by atoms with E-state index in [1.54, 1.807) is 24.3 Å². The van der Waals surface area contributed by atoms with Crippen molar-refractivity contribution in [1.29, 1.82) is 0 Å². The third kappa shape index (κ3) is 5.60. The Labute approximate surface area is 225 Å². The van der Waals surface area contributed by atoms with Gasteiger partial charge in [-0.15, -0.1) is 0 Å². The average molecular weight is 532 g/mol. The Hall–Kier alpha value is -4.43. The maximum Gasteiger partial charge on any atom is 0.337 e. The molecule has 194 valence electrons. The van der Waals surface area contributed by atoms with Crippen molar-refractivity contribution in [3.8, 4) is 0 Å². The summed E-state index contributed by atoms with van der Waals surface area (Å²) in [5, 5.41) is 5.60. The zero-order valence-electron chi connectivity index (χ0n) is 21.1. The van der Waals surface area contributed by atoms with Gasteiger partial charge in [0, 0.05) is 11.4 Å². The summed E-state index contributed by atoms with van der Waals surface area (Å²) < 4.78 is 4.71. The Bertz CT molecular complexity index is 1450. The summed E-state index contributed by atoms with van der Waals surface area (Å²) in [4.78, 5) is 51.2. The normalized spacial score (nSPS) is 13.2. The van der Waals surface area contributed by atoms with Gasteiger partial charge in [-0.1, -0.05) is 61.8 Å². The number of imide groups is 1. The Balaban J connectivity index is 1.44. The third-order valence-corrected chi connectivity index (χ3v) is 6.35. The van der Waals surface area contributed by atoms with Crippen molar-refractivity contribution in [2.75, 3.05) is 22.6 Å². The molecule has 9 heteroatoms. The second-order valence-corrected chi connectivity index (χ2v) is 9.34. The van der Waals surface area contributed by atoms with Crippen LogP contribution in [0.25, 0.3) is 0 Å². The van der Waals surface area contributed by atoms with E-state index in [-0.39, 0.29) is 40.2 Å². The van der Waals surface area contributed by atoms with E-state index in [2.05, 4.69) is 24.5 Å². The molecule has 2 N–H and O–H groups in total. The molecule has 0 aromatic heterocycles. The molecule has 3 aromatic carbocycles. The molecule has 1 aliphatic heterocycles. The highest BCUT2D eigenvalue weighted by atomic mass is 35.5. The number of rotatable bonds is 8. The number of methoxy groups -OCH3 is 1. The fourth-order valence-corrected chi connectivity index (χ4v) is 4.29. The van der Waals surface area contributed by atoms with Gasteiger partial charge in [-0.25, -0.2) is 9.69 Å². The number of amides is 3. The summed E-state index contributed by atoms with van der Waals surface area (Å²) in [5.74, 6) is -1.84. The topological polar surface area (TPSA) is 105 Å². The van der Waals surface area contributed by atoms with Gasteiger partial charge in [0.05, 0.1) is 24.8 Å². The molecule has 0 bridgehead atoms. The first-order valence-electron chi connectivity index (χ1n) is 11.9. The molecule has 38 heavy (non-hydrogen) atoms. The quantitative estimate of drug-likeness (QED) is 0.305. The predicted octanol–water partition coefficient (Wildman–Crippen LogP) is 5.21. The highest BCUT2D eigenvalue weighted by Gasteiger charge is 2.39. The molecule has 3 amide bonds. The van der Waals surface area contributed by atoms with Gasteiger partial charge in [0.1, 0.15) is 10.7 Å². The average Bonchev–Trinajstić information content (AvgIpc) is 3.12. The van der Waals surface area contributed by atoms with Crippen LogP contribution in [-0.4, -0.2) is 30.8 Å². The lowest BCUT2D eigenvalue weighted by Crippen LogP contribution is -2.32. The fraction of sp³-hybridized carbons (Fsp3) is 0.172. The molecule has 0 saturated carbocycles. The number of carbonyl (C=O) groups is 4. The van der Waals surface area contributed by atoms with Gasteiger partial charge in [-0.3, -0.25) is 14.4 Å². The number of benzene rings is 3. The minimum atomic E-state index is -0.712. The Kier molecular flexibility index (Phi) is 7.93. The molecule has 0 atom stereocenters. The minimum Gasteiger partial charge on any atom is -0.465 e. The predicted molar refractivity (Wildman–Crippen MR) is 146 cm³/mol. The van der Waals surface area contributed by atoms with E-state index >= 15 is 0 Å². The van der Waals surface area contributed by atoms with Crippen LogP contribution in [0.15, 0.2) is 83.5 Å². The van der Waals surface area contributed by atoms with Crippen LogP contribution in [0, 0.1) is 0 Å². The van der Waals surface area contributed by atoms with Crippen LogP contribution >= 0.6 is 11.6 Å². The van der Waals surface area contributed by atoms with Gasteiger partial charge in [0.15, 0.2) is 0 Å². The molecular weight excluding hydrogens is 506 g/mol. The maximum absolute atomic E-state index is 13.1. The SMILES string of the molecule is COC(=O)c1cccc(N2C(=O)C(Cl)=C(Nc3ccc(CC(=O)Nc4ccccc4C(C)C)cc3)C2=O)c1. The number of nitrogens with zero attached hydrogens (tertiary/aromatic N) is 1. The summed E-state index contributed by atoms with van der Waals surface area (Å²) in [6.45, 7) is 4.14. The highest BCUT2D eigenvalue weighted by molar-refractivity contribution is 6.53. The van der Waals surface area contributed by atoms with Gasteiger partial charge >= 0.3 is 5.97 Å². The smallest absolute Gasteiger partial charge is 0.337 e. The van der Waals surface area contributed by atoms with Crippen molar-refractivity contribution < 1.29 is 23.9 Å². The molecule has 0 aliphatic carbocycles. The lowest BCUT2D eigenvalue weighted by atomic mass is 10.0. The number of anilines is 3. The number of esters is 1. The largest absolute Gasteiger partial charge is 0.465 e. The Morgan fingerprint density at radius 1 is 0.947 bits per heavy atom. The van der Waals surface area contributed by atoms with Crippen molar-refractivity contribution >= 4 is 52.4 Å². The second kappa shape index (κ2) is 11.3. The van der Waals surface area contributed by atoms with Gasteiger partial charge in [0.2, 0.25) is 5.91 Å². The Morgan fingerprint density at radius 3 is 2.34 bits per heavy atom. The molecule has 0 saturated heterocycles. The highest BCUT2D eigenvalue weighted by Crippen LogP contribution is 2.31. The lowest BCUT2D eigenvalue weighted by molar-refractivity contribution is -0.120. The summed E-state index contributed by atoms with van der Waals surface area (Å²) >= 11 is 6.22. The van der Waals surface area contributed by atoms with Crippen molar-refractivity contribution in [3.63, 3.8) is 0 Å². The van der Waals surface area contributed by atoms with Gasteiger partial charge < -0.3 is 15.4 Å². The van der Waals surface area contributed by atoms with Crippen LogP contribution in [0.4, 0.5) is 17.1 Å². The third-order valence-electron chi connectivity index (χ3n) is 6.00. The Morgan fingerprint density at radius 2 is 1.66 bits per heavy atom. The number of hydrogen-bond acceptors (Lipinski definition) is 6. The van der Waals surface area contributed by atoms with Gasteiger partial charge in [-0.05, 0) is 53.4 Å². The van der Waals surface area contributed by atoms with E-state index in [0.717, 1.165) is 21.7 Å². The van der Waals surface area contributed by atoms with E-state index in [9.17, 15) is 19.2 Å². The van der Waals surface area contributed by atoms with E-state index in [1.165, 1.54) is 31.4 Å². The first-order valence-corrected chi connectivity index (χ1v) is 12.3. The molecule has 0 unspecified atom stereocenters. The number of para-hydroxylation sites is 1. The second-order valence-electron chi connectivity index (χ2n) is 8.97. The summed E-state index contributed by atoms with van der Waals surface area (Å²) in [7, 11) is 1.24. The number of halogens is 1. The zero-order valence-corrected chi connectivity index (χ0v) is 21.8. The van der Waals surface area contributed by atoms with Crippen molar-refractivity contribution in [1.82, 2.24) is 0 Å². The first kappa shape index (κ1) is 26.6. The van der Waals surface area contributed by atoms with Gasteiger partial charge in [-0.2, -0.15) is 0 Å². The first-order chi connectivity index (χ1) is 18.2. The summed E-state index contributed by atoms with van der Waals surface area (Å²) in [6.07, 6.45) is 0.165. The maximum atomic E-state index is 13.1. The van der Waals surface area contributed by atoms with E-state index in [1.807, 2.05) is 24.3 Å². The van der Waals surface area contributed by atoms with E-state index in [0.29, 0.717) is 5.69 Å². The molecule has 8 nitrogen and oxygen atoms in total. The standard InChI is InChI=1S/C29H26ClN3O5/c1-17(2)22-9-4-5-10-23(22)32-24(34)15-18-11-13-20(14-12-18)31-26-25(30)27(35)33(28(26)36)21-8-6-7-19(16-21)29(37)38-3/h4-14,16-17,31H,15H2,1-3H3,(H,32,34). The molecule has 1 aliphatic rings. The number of hydrogen-bond donors (Lipinski definition) is 2. The molecule has 0 radical (unpaired) electrons. The number of carbonyl (C=O) groups excluding carboxylic acids is 4. The number of ether oxygens (including phenoxy) is 1. The van der Waals surface area contributed by atoms with E-state index in [4.69, 9.17) is 16.3 Å². The summed E-state index contributed by atoms with van der Waals surface area (Å²) in [6, 6.07) is 20.6. The van der Waals surface area contributed by atoms with Crippen molar-refractivity contribution in [2.24, 2.45) is 0 Å².